The third-order valence-electron chi connectivity index (χ3n) is 4.38. The van der Waals surface area contributed by atoms with Gasteiger partial charge in [-0.25, -0.2) is 26.3 Å². The van der Waals surface area contributed by atoms with Crippen LogP contribution in [0.25, 0.3) is 0 Å². The van der Waals surface area contributed by atoms with Crippen molar-refractivity contribution in [2.45, 2.75) is 49.3 Å². The lowest BCUT2D eigenvalue weighted by Gasteiger charge is -2.36. The van der Waals surface area contributed by atoms with Gasteiger partial charge in [-0.05, 0) is 44.4 Å². The highest BCUT2D eigenvalue weighted by molar-refractivity contribution is 7.89. The lowest BCUT2D eigenvalue weighted by molar-refractivity contribution is -0.0869. The summed E-state index contributed by atoms with van der Waals surface area (Å²) in [5, 5.41) is 9.90. The summed E-state index contributed by atoms with van der Waals surface area (Å²) in [6.07, 6.45) is 0.501. The number of sulfonamides is 2. The highest BCUT2D eigenvalue weighted by Crippen LogP contribution is 2.24. The molecule has 11 heteroatoms. The number of aliphatic hydroxyl groups excluding tert-OH is 1. The van der Waals surface area contributed by atoms with E-state index in [0.717, 1.165) is 0 Å². The maximum atomic E-state index is 12.5. The molecule has 8 nitrogen and oxygen atoms in total. The zero-order valence-corrected chi connectivity index (χ0v) is 17.4. The molecule has 3 N–H and O–H groups in total. The van der Waals surface area contributed by atoms with Gasteiger partial charge in [-0.1, -0.05) is 17.7 Å². The number of ether oxygens (including phenoxy) is 1. The van der Waals surface area contributed by atoms with Gasteiger partial charge in [-0.2, -0.15) is 0 Å². The average Bonchev–Trinajstić information content (AvgIpc) is 2.62. The van der Waals surface area contributed by atoms with E-state index in [1.54, 1.807) is 19.1 Å². The lowest BCUT2D eigenvalue weighted by Crippen LogP contribution is -2.51. The molecular formula is C16H25ClN2O6S2. The van der Waals surface area contributed by atoms with Crippen LogP contribution in [0, 0.1) is 0 Å². The predicted molar refractivity (Wildman–Crippen MR) is 103 cm³/mol. The van der Waals surface area contributed by atoms with Crippen molar-refractivity contribution in [1.29, 1.82) is 0 Å². The van der Waals surface area contributed by atoms with Gasteiger partial charge in [0.05, 0.1) is 35.5 Å². The Bertz CT molecular complexity index is 831. The van der Waals surface area contributed by atoms with Crippen LogP contribution in [0.3, 0.4) is 0 Å². The van der Waals surface area contributed by atoms with Gasteiger partial charge in [0.15, 0.2) is 0 Å². The first-order chi connectivity index (χ1) is 12.7. The standard InChI is InChI=1S/C16H25ClN2O6S2/c1-2-26(21,22)18-9-8-13-6-7-15(16(11-20)25-13)19-27(23,24)14-5-3-4-12(17)10-14/h3-5,10,13,15-16,18-20H,2,6-9,11H2,1H3/t13-,15+,16-/m0/s1. The molecule has 1 aromatic rings. The summed E-state index contributed by atoms with van der Waals surface area (Å²) < 4.78 is 58.8. The van der Waals surface area contributed by atoms with E-state index in [0.29, 0.717) is 24.3 Å². The van der Waals surface area contributed by atoms with Crippen LogP contribution in [0.1, 0.15) is 26.2 Å². The van der Waals surface area contributed by atoms with Crippen molar-refractivity contribution >= 4 is 31.6 Å². The molecule has 2 rings (SSSR count). The highest BCUT2D eigenvalue weighted by atomic mass is 35.5. The van der Waals surface area contributed by atoms with Gasteiger partial charge in [0.25, 0.3) is 0 Å². The second-order valence-electron chi connectivity index (χ2n) is 6.33. The van der Waals surface area contributed by atoms with Crippen molar-refractivity contribution in [3.05, 3.63) is 29.3 Å². The summed E-state index contributed by atoms with van der Waals surface area (Å²) in [5.74, 6) is 0.00510. The first-order valence-corrected chi connectivity index (χ1v) is 12.2. The molecule has 1 fully saturated rings. The molecule has 1 aromatic carbocycles. The van der Waals surface area contributed by atoms with Crippen molar-refractivity contribution < 1.29 is 26.7 Å². The summed E-state index contributed by atoms with van der Waals surface area (Å²) in [6, 6.07) is 5.34. The number of halogens is 1. The zero-order valence-electron chi connectivity index (χ0n) is 15.0. The summed E-state index contributed by atoms with van der Waals surface area (Å²) >= 11 is 5.85. The van der Waals surface area contributed by atoms with E-state index in [4.69, 9.17) is 16.3 Å². The van der Waals surface area contributed by atoms with Crippen LogP contribution in [0.4, 0.5) is 0 Å². The van der Waals surface area contributed by atoms with Gasteiger partial charge in [0.1, 0.15) is 0 Å². The Labute approximate surface area is 165 Å². The Kier molecular flexibility index (Phi) is 8.05. The van der Waals surface area contributed by atoms with Gasteiger partial charge < -0.3 is 9.84 Å². The van der Waals surface area contributed by atoms with Crippen molar-refractivity contribution in [1.82, 2.24) is 9.44 Å². The van der Waals surface area contributed by atoms with Gasteiger partial charge in [-0.15, -0.1) is 0 Å². The second-order valence-corrected chi connectivity index (χ2v) is 10.6. The van der Waals surface area contributed by atoms with Crippen LogP contribution in [0.5, 0.6) is 0 Å². The predicted octanol–water partition coefficient (Wildman–Crippen LogP) is 0.856. The molecule has 1 aliphatic heterocycles. The topological polar surface area (TPSA) is 122 Å². The molecular weight excluding hydrogens is 416 g/mol. The van der Waals surface area contributed by atoms with E-state index >= 15 is 0 Å². The van der Waals surface area contributed by atoms with Crippen molar-refractivity contribution in [3.8, 4) is 0 Å². The molecule has 1 aliphatic rings. The minimum Gasteiger partial charge on any atom is -0.394 e. The molecule has 0 aromatic heterocycles. The maximum absolute atomic E-state index is 12.5. The molecule has 1 saturated heterocycles. The minimum atomic E-state index is -3.80. The van der Waals surface area contributed by atoms with Crippen molar-refractivity contribution in [2.75, 3.05) is 18.9 Å². The summed E-state index contributed by atoms with van der Waals surface area (Å²) in [7, 11) is -7.07. The molecule has 0 bridgehead atoms. The molecule has 27 heavy (non-hydrogen) atoms. The van der Waals surface area contributed by atoms with E-state index in [1.807, 2.05) is 0 Å². The van der Waals surface area contributed by atoms with Gasteiger partial charge in [-0.3, -0.25) is 0 Å². The molecule has 1 heterocycles. The number of hydrogen-bond donors (Lipinski definition) is 3. The van der Waals surface area contributed by atoms with E-state index in [9.17, 15) is 21.9 Å². The smallest absolute Gasteiger partial charge is 0.240 e. The normalized spacial score (nSPS) is 24.0. The third-order valence-corrected chi connectivity index (χ3v) is 7.50. The van der Waals surface area contributed by atoms with Crippen LogP contribution < -0.4 is 9.44 Å². The summed E-state index contributed by atoms with van der Waals surface area (Å²) in [6.45, 7) is 1.44. The van der Waals surface area contributed by atoms with Gasteiger partial charge in [0, 0.05) is 11.6 Å². The fourth-order valence-corrected chi connectivity index (χ4v) is 5.09. The fourth-order valence-electron chi connectivity index (χ4n) is 2.86. The van der Waals surface area contributed by atoms with E-state index in [-0.39, 0.29) is 29.9 Å². The van der Waals surface area contributed by atoms with Crippen LogP contribution in [-0.4, -0.2) is 59.1 Å². The summed E-state index contributed by atoms with van der Waals surface area (Å²) in [4.78, 5) is 0.0442. The minimum absolute atomic E-state index is 0.00510. The number of benzene rings is 1. The van der Waals surface area contributed by atoms with Crippen LogP contribution in [0.2, 0.25) is 5.02 Å². The van der Waals surface area contributed by atoms with Crippen molar-refractivity contribution in [2.24, 2.45) is 0 Å². The Morgan fingerprint density at radius 2 is 2.00 bits per heavy atom. The molecule has 0 amide bonds. The number of hydrogen-bond acceptors (Lipinski definition) is 6. The molecule has 0 radical (unpaired) electrons. The van der Waals surface area contributed by atoms with Crippen LogP contribution >= 0.6 is 11.6 Å². The fraction of sp³-hybridized carbons (Fsp3) is 0.625. The maximum Gasteiger partial charge on any atom is 0.240 e. The lowest BCUT2D eigenvalue weighted by atomic mass is 9.98. The molecule has 0 spiro atoms. The Morgan fingerprint density at radius 3 is 2.63 bits per heavy atom. The number of nitrogens with one attached hydrogen (secondary N) is 2. The van der Waals surface area contributed by atoms with Gasteiger partial charge >= 0.3 is 0 Å². The Morgan fingerprint density at radius 1 is 1.26 bits per heavy atom. The molecule has 0 unspecified atom stereocenters. The molecule has 154 valence electrons. The van der Waals surface area contributed by atoms with Crippen LogP contribution in [-0.2, 0) is 24.8 Å². The van der Waals surface area contributed by atoms with Gasteiger partial charge in [0.2, 0.25) is 20.0 Å². The molecule has 0 saturated carbocycles. The Hall–Kier alpha value is -0.750. The van der Waals surface area contributed by atoms with E-state index in [1.165, 1.54) is 12.1 Å². The molecule has 0 aliphatic carbocycles. The van der Waals surface area contributed by atoms with E-state index in [2.05, 4.69) is 9.44 Å². The van der Waals surface area contributed by atoms with E-state index < -0.39 is 32.2 Å². The summed E-state index contributed by atoms with van der Waals surface area (Å²) in [5.41, 5.74) is 0. The zero-order chi connectivity index (χ0) is 20.1. The number of aliphatic hydroxyl groups is 1. The van der Waals surface area contributed by atoms with Crippen LogP contribution in [0.15, 0.2) is 29.2 Å². The average molecular weight is 441 g/mol. The largest absolute Gasteiger partial charge is 0.394 e. The second kappa shape index (κ2) is 9.64. The third kappa shape index (κ3) is 6.67. The number of rotatable bonds is 9. The first kappa shape index (κ1) is 22.5. The van der Waals surface area contributed by atoms with Crippen molar-refractivity contribution in [3.63, 3.8) is 0 Å². The monoisotopic (exact) mass is 440 g/mol. The Balaban J connectivity index is 1.95. The quantitative estimate of drug-likeness (QED) is 0.523. The first-order valence-electron chi connectivity index (χ1n) is 8.68. The SMILES string of the molecule is CCS(=O)(=O)NCC[C@@H]1CC[C@@H](NS(=O)(=O)c2cccc(Cl)c2)[C@H](CO)O1. The molecule has 3 atom stereocenters. The highest BCUT2D eigenvalue weighted by Gasteiger charge is 2.34.